The minimum atomic E-state index is -0.235. The number of hydrogen-bond acceptors (Lipinski definition) is 4. The zero-order valence-electron chi connectivity index (χ0n) is 10.7. The van der Waals surface area contributed by atoms with Crippen molar-refractivity contribution in [3.63, 3.8) is 0 Å². The van der Waals surface area contributed by atoms with Crippen LogP contribution in [0, 0.1) is 0 Å². The summed E-state index contributed by atoms with van der Waals surface area (Å²) in [7, 11) is 0. The molecule has 0 fully saturated rings. The minimum absolute atomic E-state index is 0.0530. The number of para-hydroxylation sites is 1. The lowest BCUT2D eigenvalue weighted by atomic mass is 10.1. The van der Waals surface area contributed by atoms with E-state index < -0.39 is 0 Å². The van der Waals surface area contributed by atoms with Crippen LogP contribution in [-0.2, 0) is 6.54 Å². The van der Waals surface area contributed by atoms with E-state index in [1.165, 1.54) is 12.1 Å². The van der Waals surface area contributed by atoms with Gasteiger partial charge in [-0.3, -0.25) is 0 Å². The molecule has 0 bridgehead atoms. The standard InChI is InChI=1S/C15H17NO3/c1-10(15-13(18)7-4-8-14(15)19)16-9-11-5-2-3-6-12(11)17/h2-8,10,16-19H,9H2,1H3. The lowest BCUT2D eigenvalue weighted by Gasteiger charge is -2.17. The highest BCUT2D eigenvalue weighted by atomic mass is 16.3. The largest absolute Gasteiger partial charge is 0.508 e. The third-order valence-electron chi connectivity index (χ3n) is 3.08. The number of nitrogens with one attached hydrogen (secondary N) is 1. The molecule has 0 spiro atoms. The van der Waals surface area contributed by atoms with E-state index in [0.29, 0.717) is 12.1 Å². The lowest BCUT2D eigenvalue weighted by molar-refractivity contribution is 0.416. The molecule has 0 aliphatic rings. The van der Waals surface area contributed by atoms with E-state index in [9.17, 15) is 15.3 Å². The Morgan fingerprint density at radius 3 is 2.11 bits per heavy atom. The average molecular weight is 259 g/mol. The highest BCUT2D eigenvalue weighted by Crippen LogP contribution is 2.32. The van der Waals surface area contributed by atoms with Gasteiger partial charge in [0.05, 0.1) is 5.56 Å². The Labute approximate surface area is 112 Å². The van der Waals surface area contributed by atoms with E-state index in [1.54, 1.807) is 18.2 Å². The summed E-state index contributed by atoms with van der Waals surface area (Å²) in [5.41, 5.74) is 1.22. The van der Waals surface area contributed by atoms with Crippen LogP contribution in [-0.4, -0.2) is 15.3 Å². The number of phenols is 3. The van der Waals surface area contributed by atoms with Crippen LogP contribution in [0.3, 0.4) is 0 Å². The van der Waals surface area contributed by atoms with Gasteiger partial charge in [-0.1, -0.05) is 24.3 Å². The van der Waals surface area contributed by atoms with Crippen LogP contribution < -0.4 is 5.32 Å². The first kappa shape index (κ1) is 13.2. The van der Waals surface area contributed by atoms with Crippen LogP contribution in [0.4, 0.5) is 0 Å². The number of benzene rings is 2. The van der Waals surface area contributed by atoms with Crippen molar-refractivity contribution in [2.75, 3.05) is 0 Å². The van der Waals surface area contributed by atoms with Crippen LogP contribution >= 0.6 is 0 Å². The number of aromatic hydroxyl groups is 3. The van der Waals surface area contributed by atoms with Gasteiger partial charge in [-0.2, -0.15) is 0 Å². The minimum Gasteiger partial charge on any atom is -0.508 e. The lowest BCUT2D eigenvalue weighted by Crippen LogP contribution is -2.18. The maximum atomic E-state index is 9.76. The fourth-order valence-corrected chi connectivity index (χ4v) is 2.01. The second-order valence-corrected chi connectivity index (χ2v) is 4.44. The Morgan fingerprint density at radius 1 is 0.895 bits per heavy atom. The second kappa shape index (κ2) is 5.63. The van der Waals surface area contributed by atoms with E-state index in [4.69, 9.17) is 0 Å². The van der Waals surface area contributed by atoms with Crippen molar-refractivity contribution in [3.05, 3.63) is 53.6 Å². The fourth-order valence-electron chi connectivity index (χ4n) is 2.01. The van der Waals surface area contributed by atoms with Crippen LogP contribution in [0.15, 0.2) is 42.5 Å². The molecule has 2 rings (SSSR count). The molecule has 4 nitrogen and oxygen atoms in total. The molecule has 19 heavy (non-hydrogen) atoms. The van der Waals surface area contributed by atoms with Crippen LogP contribution in [0.2, 0.25) is 0 Å². The van der Waals surface area contributed by atoms with Crippen molar-refractivity contribution >= 4 is 0 Å². The molecule has 1 unspecified atom stereocenters. The summed E-state index contributed by atoms with van der Waals surface area (Å²) in [5.74, 6) is 0.332. The second-order valence-electron chi connectivity index (χ2n) is 4.44. The Balaban J connectivity index is 2.10. The fraction of sp³-hybridized carbons (Fsp3) is 0.200. The van der Waals surface area contributed by atoms with Crippen LogP contribution in [0.5, 0.6) is 17.2 Å². The first-order chi connectivity index (χ1) is 9.09. The highest BCUT2D eigenvalue weighted by Gasteiger charge is 2.14. The molecule has 0 saturated heterocycles. The van der Waals surface area contributed by atoms with E-state index in [1.807, 2.05) is 19.1 Å². The molecule has 0 heterocycles. The summed E-state index contributed by atoms with van der Waals surface area (Å²) in [5, 5.41) is 32.4. The molecular formula is C15H17NO3. The summed E-state index contributed by atoms with van der Waals surface area (Å²) in [6.07, 6.45) is 0. The van der Waals surface area contributed by atoms with Gasteiger partial charge in [-0.15, -0.1) is 0 Å². The van der Waals surface area contributed by atoms with Gasteiger partial charge < -0.3 is 20.6 Å². The van der Waals surface area contributed by atoms with Crippen molar-refractivity contribution < 1.29 is 15.3 Å². The third kappa shape index (κ3) is 2.98. The normalized spacial score (nSPS) is 12.3. The van der Waals surface area contributed by atoms with Crippen molar-refractivity contribution in [3.8, 4) is 17.2 Å². The predicted molar refractivity (Wildman–Crippen MR) is 73.1 cm³/mol. The first-order valence-electron chi connectivity index (χ1n) is 6.10. The third-order valence-corrected chi connectivity index (χ3v) is 3.08. The van der Waals surface area contributed by atoms with Gasteiger partial charge in [0.15, 0.2) is 0 Å². The maximum Gasteiger partial charge on any atom is 0.124 e. The molecule has 0 amide bonds. The van der Waals surface area contributed by atoms with Gasteiger partial charge in [0.1, 0.15) is 17.2 Å². The molecule has 2 aromatic rings. The molecule has 1 atom stereocenters. The van der Waals surface area contributed by atoms with Gasteiger partial charge in [-0.25, -0.2) is 0 Å². The van der Waals surface area contributed by atoms with Gasteiger partial charge in [0, 0.05) is 18.2 Å². The van der Waals surface area contributed by atoms with Crippen molar-refractivity contribution in [2.45, 2.75) is 19.5 Å². The molecule has 0 aromatic heterocycles. The monoisotopic (exact) mass is 259 g/mol. The SMILES string of the molecule is CC(NCc1ccccc1O)c1c(O)cccc1O. The molecule has 0 aliphatic heterocycles. The van der Waals surface area contributed by atoms with Gasteiger partial charge in [-0.05, 0) is 25.1 Å². The predicted octanol–water partition coefficient (Wildman–Crippen LogP) is 2.65. The van der Waals surface area contributed by atoms with E-state index >= 15 is 0 Å². The average Bonchev–Trinajstić information content (AvgIpc) is 2.37. The summed E-state index contributed by atoms with van der Waals surface area (Å²) in [4.78, 5) is 0. The van der Waals surface area contributed by atoms with Gasteiger partial charge in [0.25, 0.3) is 0 Å². The zero-order valence-corrected chi connectivity index (χ0v) is 10.7. The first-order valence-corrected chi connectivity index (χ1v) is 6.10. The smallest absolute Gasteiger partial charge is 0.124 e. The zero-order chi connectivity index (χ0) is 13.8. The molecule has 4 heteroatoms. The van der Waals surface area contributed by atoms with E-state index in [-0.39, 0.29) is 23.3 Å². The number of phenolic OH excluding ortho intramolecular Hbond substituents is 3. The molecule has 0 radical (unpaired) electrons. The summed E-state index contributed by atoms with van der Waals surface area (Å²) in [6, 6.07) is 11.5. The van der Waals surface area contributed by atoms with Gasteiger partial charge in [0.2, 0.25) is 0 Å². The van der Waals surface area contributed by atoms with Gasteiger partial charge >= 0.3 is 0 Å². The number of rotatable bonds is 4. The summed E-state index contributed by atoms with van der Waals surface area (Å²) >= 11 is 0. The Morgan fingerprint density at radius 2 is 1.47 bits per heavy atom. The molecule has 0 saturated carbocycles. The van der Waals surface area contributed by atoms with Crippen molar-refractivity contribution in [1.29, 1.82) is 0 Å². The molecule has 0 aliphatic carbocycles. The maximum absolute atomic E-state index is 9.76. The molecular weight excluding hydrogens is 242 g/mol. The van der Waals surface area contributed by atoms with E-state index in [0.717, 1.165) is 5.56 Å². The van der Waals surface area contributed by atoms with Crippen molar-refractivity contribution in [2.24, 2.45) is 0 Å². The molecule has 2 aromatic carbocycles. The highest BCUT2D eigenvalue weighted by molar-refractivity contribution is 5.45. The summed E-state index contributed by atoms with van der Waals surface area (Å²) < 4.78 is 0. The van der Waals surface area contributed by atoms with Crippen molar-refractivity contribution in [1.82, 2.24) is 5.32 Å². The van der Waals surface area contributed by atoms with Crippen LogP contribution in [0.1, 0.15) is 24.1 Å². The number of hydrogen-bond donors (Lipinski definition) is 4. The molecule has 4 N–H and O–H groups in total. The van der Waals surface area contributed by atoms with E-state index in [2.05, 4.69) is 5.32 Å². The Kier molecular flexibility index (Phi) is 3.92. The summed E-state index contributed by atoms with van der Waals surface area (Å²) in [6.45, 7) is 2.29. The Hall–Kier alpha value is -2.20. The topological polar surface area (TPSA) is 72.7 Å². The molecule has 100 valence electrons. The quantitative estimate of drug-likeness (QED) is 0.681. The Bertz CT molecular complexity index is 549. The van der Waals surface area contributed by atoms with Crippen LogP contribution in [0.25, 0.3) is 0 Å².